The largest absolute Gasteiger partial charge is 0.355 e. The van der Waals surface area contributed by atoms with Crippen LogP contribution in [0.25, 0.3) is 0 Å². The molecule has 2 aliphatic rings. The van der Waals surface area contributed by atoms with E-state index in [1.165, 1.54) is 30.4 Å². The van der Waals surface area contributed by atoms with Crippen molar-refractivity contribution in [2.24, 2.45) is 5.92 Å². The molecule has 1 fully saturated rings. The van der Waals surface area contributed by atoms with Gasteiger partial charge in [0.1, 0.15) is 0 Å². The van der Waals surface area contributed by atoms with E-state index in [0.29, 0.717) is 11.8 Å². The minimum Gasteiger partial charge on any atom is -0.355 e. The van der Waals surface area contributed by atoms with Crippen LogP contribution in [0.4, 0.5) is 0 Å². The van der Waals surface area contributed by atoms with E-state index in [0.717, 1.165) is 19.4 Å². The third kappa shape index (κ3) is 2.36. The van der Waals surface area contributed by atoms with Crippen LogP contribution in [-0.2, 0) is 11.2 Å². The Morgan fingerprint density at radius 2 is 2.06 bits per heavy atom. The molecule has 1 unspecified atom stereocenters. The molecule has 0 saturated heterocycles. The molecule has 0 aliphatic heterocycles. The SMILES string of the molecule is O=C(NCC1CCCc2ccccc21)C1CC1. The molecular formula is C15H19NO. The quantitative estimate of drug-likeness (QED) is 0.848. The molecule has 1 N–H and O–H groups in total. The van der Waals surface area contributed by atoms with Gasteiger partial charge in [0, 0.05) is 18.4 Å². The molecule has 90 valence electrons. The maximum absolute atomic E-state index is 11.6. The lowest BCUT2D eigenvalue weighted by molar-refractivity contribution is -0.122. The Bertz CT molecular complexity index is 423. The van der Waals surface area contributed by atoms with E-state index < -0.39 is 0 Å². The van der Waals surface area contributed by atoms with Crippen molar-refractivity contribution in [3.8, 4) is 0 Å². The van der Waals surface area contributed by atoms with Crippen LogP contribution in [0.3, 0.4) is 0 Å². The zero-order valence-electron chi connectivity index (χ0n) is 10.1. The van der Waals surface area contributed by atoms with Crippen molar-refractivity contribution in [3.05, 3.63) is 35.4 Å². The van der Waals surface area contributed by atoms with Gasteiger partial charge in [-0.3, -0.25) is 4.79 Å². The van der Waals surface area contributed by atoms with Gasteiger partial charge in [-0.15, -0.1) is 0 Å². The molecule has 2 aliphatic carbocycles. The summed E-state index contributed by atoms with van der Waals surface area (Å²) >= 11 is 0. The van der Waals surface area contributed by atoms with Crippen molar-refractivity contribution in [2.75, 3.05) is 6.54 Å². The molecule has 1 aromatic rings. The van der Waals surface area contributed by atoms with Crippen molar-refractivity contribution in [2.45, 2.75) is 38.0 Å². The summed E-state index contributed by atoms with van der Waals surface area (Å²) in [5.41, 5.74) is 2.93. The Balaban J connectivity index is 1.65. The van der Waals surface area contributed by atoms with Crippen molar-refractivity contribution in [3.63, 3.8) is 0 Å². The Labute approximate surface area is 102 Å². The van der Waals surface area contributed by atoms with Crippen molar-refractivity contribution in [1.82, 2.24) is 5.32 Å². The molecule has 0 spiro atoms. The van der Waals surface area contributed by atoms with E-state index in [1.807, 2.05) is 0 Å². The molecule has 3 rings (SSSR count). The number of hydrogen-bond donors (Lipinski definition) is 1. The van der Waals surface area contributed by atoms with Crippen molar-refractivity contribution in [1.29, 1.82) is 0 Å². The third-order valence-corrected chi connectivity index (χ3v) is 3.96. The van der Waals surface area contributed by atoms with E-state index in [-0.39, 0.29) is 5.91 Å². The van der Waals surface area contributed by atoms with Crippen LogP contribution in [0.2, 0.25) is 0 Å². The normalized spacial score (nSPS) is 22.9. The number of hydrogen-bond acceptors (Lipinski definition) is 1. The average Bonchev–Trinajstić information content (AvgIpc) is 3.20. The van der Waals surface area contributed by atoms with Gasteiger partial charge in [0.05, 0.1) is 0 Å². The fourth-order valence-electron chi connectivity index (χ4n) is 2.78. The Morgan fingerprint density at radius 1 is 1.24 bits per heavy atom. The lowest BCUT2D eigenvalue weighted by atomic mass is 9.83. The molecule has 1 saturated carbocycles. The predicted octanol–water partition coefficient (Wildman–Crippen LogP) is 2.63. The van der Waals surface area contributed by atoms with Gasteiger partial charge in [-0.1, -0.05) is 24.3 Å². The maximum Gasteiger partial charge on any atom is 0.223 e. The highest BCUT2D eigenvalue weighted by Crippen LogP contribution is 2.32. The first-order chi connectivity index (χ1) is 8.34. The molecule has 0 bridgehead atoms. The van der Waals surface area contributed by atoms with Gasteiger partial charge in [-0.25, -0.2) is 0 Å². The molecule has 2 heteroatoms. The van der Waals surface area contributed by atoms with Gasteiger partial charge in [-0.2, -0.15) is 0 Å². The summed E-state index contributed by atoms with van der Waals surface area (Å²) in [6.07, 6.45) is 5.84. The van der Waals surface area contributed by atoms with E-state index >= 15 is 0 Å². The van der Waals surface area contributed by atoms with E-state index in [9.17, 15) is 4.79 Å². The Hall–Kier alpha value is -1.31. The molecule has 1 aromatic carbocycles. The van der Waals surface area contributed by atoms with Crippen LogP contribution in [0.15, 0.2) is 24.3 Å². The molecule has 17 heavy (non-hydrogen) atoms. The summed E-state index contributed by atoms with van der Waals surface area (Å²) in [4.78, 5) is 11.6. The van der Waals surface area contributed by atoms with E-state index in [2.05, 4.69) is 29.6 Å². The first-order valence-corrected chi connectivity index (χ1v) is 6.70. The van der Waals surface area contributed by atoms with Crippen molar-refractivity contribution < 1.29 is 4.79 Å². The smallest absolute Gasteiger partial charge is 0.223 e. The monoisotopic (exact) mass is 229 g/mol. The first-order valence-electron chi connectivity index (χ1n) is 6.70. The fourth-order valence-corrected chi connectivity index (χ4v) is 2.78. The lowest BCUT2D eigenvalue weighted by Gasteiger charge is -2.25. The predicted molar refractivity (Wildman–Crippen MR) is 67.9 cm³/mol. The number of carbonyl (C=O) groups excluding carboxylic acids is 1. The maximum atomic E-state index is 11.6. The molecule has 0 aromatic heterocycles. The number of fused-ring (bicyclic) bond motifs is 1. The highest BCUT2D eigenvalue weighted by atomic mass is 16.2. The summed E-state index contributed by atoms with van der Waals surface area (Å²) in [7, 11) is 0. The Kier molecular flexibility index (Phi) is 2.87. The summed E-state index contributed by atoms with van der Waals surface area (Å²) in [5, 5.41) is 3.12. The van der Waals surface area contributed by atoms with Crippen LogP contribution < -0.4 is 5.32 Å². The second-order valence-electron chi connectivity index (χ2n) is 5.31. The van der Waals surface area contributed by atoms with Crippen molar-refractivity contribution >= 4 is 5.91 Å². The average molecular weight is 229 g/mol. The van der Waals surface area contributed by atoms with Gasteiger partial charge in [-0.05, 0) is 43.2 Å². The minimum atomic E-state index is 0.271. The van der Waals surface area contributed by atoms with E-state index in [4.69, 9.17) is 0 Å². The topological polar surface area (TPSA) is 29.1 Å². The number of carbonyl (C=O) groups is 1. The van der Waals surface area contributed by atoms with Crippen LogP contribution in [-0.4, -0.2) is 12.5 Å². The second kappa shape index (κ2) is 4.52. The van der Waals surface area contributed by atoms with Gasteiger partial charge in [0.15, 0.2) is 0 Å². The lowest BCUT2D eigenvalue weighted by Crippen LogP contribution is -2.30. The van der Waals surface area contributed by atoms with Crippen LogP contribution >= 0.6 is 0 Å². The summed E-state index contributed by atoms with van der Waals surface area (Å²) in [6.45, 7) is 0.826. The first kappa shape index (κ1) is 10.8. The summed E-state index contributed by atoms with van der Waals surface area (Å²) in [5.74, 6) is 1.13. The zero-order valence-corrected chi connectivity index (χ0v) is 10.1. The highest BCUT2D eigenvalue weighted by Gasteiger charge is 2.30. The molecular weight excluding hydrogens is 210 g/mol. The molecule has 1 amide bonds. The van der Waals surface area contributed by atoms with Gasteiger partial charge >= 0.3 is 0 Å². The molecule has 0 radical (unpaired) electrons. The van der Waals surface area contributed by atoms with Crippen LogP contribution in [0.1, 0.15) is 42.7 Å². The van der Waals surface area contributed by atoms with Gasteiger partial charge in [0.25, 0.3) is 0 Å². The molecule has 1 atom stereocenters. The minimum absolute atomic E-state index is 0.271. The standard InChI is InChI=1S/C15H19NO/c17-15(12-8-9-12)16-10-13-6-3-5-11-4-1-2-7-14(11)13/h1-2,4,7,12-13H,3,5-6,8-10H2,(H,16,17). The summed E-state index contributed by atoms with van der Waals surface area (Å²) < 4.78 is 0. The number of amides is 1. The van der Waals surface area contributed by atoms with Crippen LogP contribution in [0, 0.1) is 5.92 Å². The fraction of sp³-hybridized carbons (Fsp3) is 0.533. The number of rotatable bonds is 3. The number of nitrogens with one attached hydrogen (secondary N) is 1. The second-order valence-corrected chi connectivity index (χ2v) is 5.31. The highest BCUT2D eigenvalue weighted by molar-refractivity contribution is 5.80. The van der Waals surface area contributed by atoms with Gasteiger partial charge < -0.3 is 5.32 Å². The Morgan fingerprint density at radius 3 is 2.88 bits per heavy atom. The van der Waals surface area contributed by atoms with Gasteiger partial charge in [0.2, 0.25) is 5.91 Å². The summed E-state index contributed by atoms with van der Waals surface area (Å²) in [6, 6.07) is 8.68. The third-order valence-electron chi connectivity index (χ3n) is 3.96. The number of aryl methyl sites for hydroxylation is 1. The zero-order chi connectivity index (χ0) is 11.7. The number of benzene rings is 1. The van der Waals surface area contributed by atoms with Crippen LogP contribution in [0.5, 0.6) is 0 Å². The molecule has 0 heterocycles. The van der Waals surface area contributed by atoms with E-state index in [1.54, 1.807) is 0 Å². The molecule has 2 nitrogen and oxygen atoms in total.